The molecule has 0 saturated carbocycles. The van der Waals surface area contributed by atoms with Crippen molar-refractivity contribution in [3.05, 3.63) is 98.1 Å². The van der Waals surface area contributed by atoms with Crippen molar-refractivity contribution in [2.45, 2.75) is 51.8 Å². The van der Waals surface area contributed by atoms with Crippen molar-refractivity contribution in [3.8, 4) is 11.1 Å². The molecule has 0 spiro atoms. The molecule has 2 amide bonds. The second-order valence-corrected chi connectivity index (χ2v) is 11.5. The summed E-state index contributed by atoms with van der Waals surface area (Å²) in [5.74, 6) is -1.44. The van der Waals surface area contributed by atoms with Gasteiger partial charge >= 0.3 is 6.09 Å². The second kappa shape index (κ2) is 14.1. The number of amides is 2. The first-order valence-corrected chi connectivity index (χ1v) is 14.4. The fourth-order valence-electron chi connectivity index (χ4n) is 4.74. The number of nitro benzene ring substituents is 2. The lowest BCUT2D eigenvalue weighted by Gasteiger charge is -2.24. The van der Waals surface area contributed by atoms with Gasteiger partial charge < -0.3 is 25.7 Å². The van der Waals surface area contributed by atoms with Crippen LogP contribution in [0.1, 0.15) is 49.8 Å². The Morgan fingerprint density at radius 1 is 1.00 bits per heavy atom. The van der Waals surface area contributed by atoms with E-state index < -0.39 is 39.3 Å². The number of nitrogens with zero attached hydrogens (tertiary/aromatic N) is 4. The van der Waals surface area contributed by atoms with Crippen LogP contribution >= 0.6 is 0 Å². The van der Waals surface area contributed by atoms with Crippen molar-refractivity contribution in [2.24, 2.45) is 5.73 Å². The third kappa shape index (κ3) is 8.38. The average Bonchev–Trinajstić information content (AvgIpc) is 3.35. The van der Waals surface area contributed by atoms with Gasteiger partial charge in [-0.15, -0.1) is 0 Å². The Bertz CT molecular complexity index is 1770. The summed E-state index contributed by atoms with van der Waals surface area (Å²) < 4.78 is 21.7. The van der Waals surface area contributed by atoms with Crippen molar-refractivity contribution in [1.82, 2.24) is 20.2 Å². The number of nitrogens with two attached hydrogens (primary N) is 1. The van der Waals surface area contributed by atoms with E-state index in [4.69, 9.17) is 10.5 Å². The van der Waals surface area contributed by atoms with E-state index in [1.165, 1.54) is 16.7 Å². The van der Waals surface area contributed by atoms with E-state index in [-0.39, 0.29) is 35.9 Å². The minimum absolute atomic E-state index is 0.000492. The number of fused-ring (bicyclic) bond motifs is 1. The summed E-state index contributed by atoms with van der Waals surface area (Å²) in [7, 11) is 0. The molecule has 46 heavy (non-hydrogen) atoms. The van der Waals surface area contributed by atoms with E-state index >= 15 is 0 Å². The summed E-state index contributed by atoms with van der Waals surface area (Å²) in [5, 5.41) is 28.0. The Kier molecular flexibility index (Phi) is 10.3. The maximum Gasteiger partial charge on any atom is 0.407 e. The molecular weight excluding hydrogens is 601 g/mol. The zero-order chi connectivity index (χ0) is 33.6. The number of halogens is 1. The molecule has 4 aromatic rings. The van der Waals surface area contributed by atoms with Crippen LogP contribution in [-0.4, -0.2) is 56.1 Å². The normalized spacial score (nSPS) is 12.0. The van der Waals surface area contributed by atoms with Crippen LogP contribution in [-0.2, 0) is 11.3 Å². The third-order valence-corrected chi connectivity index (χ3v) is 6.92. The van der Waals surface area contributed by atoms with Crippen molar-refractivity contribution >= 4 is 34.4 Å². The molecular formula is C31H34FN7O7. The molecule has 0 saturated heterocycles. The smallest absolute Gasteiger partial charge is 0.407 e. The fourth-order valence-corrected chi connectivity index (χ4v) is 4.74. The molecule has 0 aliphatic rings. The highest BCUT2D eigenvalue weighted by Crippen LogP contribution is 2.28. The monoisotopic (exact) mass is 635 g/mol. The highest BCUT2D eigenvalue weighted by Gasteiger charge is 2.24. The summed E-state index contributed by atoms with van der Waals surface area (Å²) in [5.41, 5.74) is 6.63. The van der Waals surface area contributed by atoms with E-state index in [1.54, 1.807) is 51.1 Å². The van der Waals surface area contributed by atoms with E-state index in [1.807, 2.05) is 0 Å². The molecule has 3 aromatic carbocycles. The van der Waals surface area contributed by atoms with E-state index in [9.17, 15) is 34.2 Å². The number of imidazole rings is 1. The summed E-state index contributed by atoms with van der Waals surface area (Å²) >= 11 is 0. The number of carbonyl (C=O) groups excluding carboxylic acids is 2. The van der Waals surface area contributed by atoms with Gasteiger partial charge in [-0.3, -0.25) is 25.0 Å². The van der Waals surface area contributed by atoms with Gasteiger partial charge in [-0.1, -0.05) is 6.07 Å². The van der Waals surface area contributed by atoms with Gasteiger partial charge in [0.25, 0.3) is 17.3 Å². The minimum atomic E-state index is -0.730. The Balaban J connectivity index is 1.69. The maximum absolute atomic E-state index is 14.9. The average molecular weight is 636 g/mol. The minimum Gasteiger partial charge on any atom is -0.444 e. The quantitative estimate of drug-likeness (QED) is 0.141. The number of aromatic nitrogens is 2. The second-order valence-electron chi connectivity index (χ2n) is 11.5. The zero-order valence-electron chi connectivity index (χ0n) is 25.5. The number of non-ortho nitro benzene ring substituents is 2. The first-order valence-electron chi connectivity index (χ1n) is 14.4. The molecule has 0 bridgehead atoms. The van der Waals surface area contributed by atoms with Crippen LogP contribution in [0.2, 0.25) is 0 Å². The number of nitrogens with one attached hydrogen (secondary N) is 2. The number of rotatable bonds is 12. The van der Waals surface area contributed by atoms with Crippen molar-refractivity contribution < 1.29 is 28.6 Å². The number of carbonyl (C=O) groups is 2. The maximum atomic E-state index is 14.9. The van der Waals surface area contributed by atoms with Crippen molar-refractivity contribution in [1.29, 1.82) is 0 Å². The van der Waals surface area contributed by atoms with Crippen LogP contribution in [0.4, 0.5) is 20.6 Å². The third-order valence-electron chi connectivity index (χ3n) is 6.92. The lowest BCUT2D eigenvalue weighted by atomic mass is 10.0. The van der Waals surface area contributed by atoms with E-state index in [2.05, 4.69) is 15.6 Å². The predicted octanol–water partition coefficient (Wildman–Crippen LogP) is 5.07. The molecule has 1 atom stereocenters. The van der Waals surface area contributed by atoms with Gasteiger partial charge in [0.05, 0.1) is 27.4 Å². The van der Waals surface area contributed by atoms with Gasteiger partial charge in [-0.05, 0) is 81.6 Å². The molecule has 15 heteroatoms. The number of alkyl carbamates (subject to hydrolysis) is 1. The molecule has 4 rings (SSSR count). The van der Waals surface area contributed by atoms with E-state index in [0.717, 1.165) is 18.2 Å². The lowest BCUT2D eigenvalue weighted by Crippen LogP contribution is -2.46. The fraction of sp³-hybridized carbons (Fsp3) is 0.323. The Morgan fingerprint density at radius 3 is 2.28 bits per heavy atom. The number of ether oxygens (including phenoxy) is 1. The molecule has 0 aliphatic heterocycles. The van der Waals surface area contributed by atoms with Crippen LogP contribution in [0.5, 0.6) is 0 Å². The summed E-state index contributed by atoms with van der Waals surface area (Å²) in [6, 6.07) is 13.6. The summed E-state index contributed by atoms with van der Waals surface area (Å²) in [6.45, 7) is 5.29. The first-order chi connectivity index (χ1) is 21.8. The van der Waals surface area contributed by atoms with Crippen LogP contribution < -0.4 is 16.4 Å². The van der Waals surface area contributed by atoms with Crippen LogP contribution in [0, 0.1) is 26.0 Å². The molecule has 0 unspecified atom stereocenters. The SMILES string of the molecule is CC(C)(C)OC(=O)N[C@@H](CCCN)CNC(=O)c1nc2cc(-c3ccc([N+](=O)[O-])cc3)ccc2n1Cc1cc([N+](=O)[O-])ccc1F. The highest BCUT2D eigenvalue weighted by atomic mass is 19.1. The molecule has 0 radical (unpaired) electrons. The molecule has 1 heterocycles. The van der Waals surface area contributed by atoms with Crippen LogP contribution in [0.25, 0.3) is 22.2 Å². The standard InChI is InChI=1S/C31H34FN7O7/c1-31(2,3)46-30(41)35-22(5-4-14-33)17-34-29(40)28-36-26-16-20(19-6-9-23(10-7-19)38(42)43)8-13-27(26)37(28)18-21-15-24(39(44)45)11-12-25(21)32/h6-13,15-16,22H,4-5,14,17-18,33H2,1-3H3,(H,34,40)(H,35,41)/t22-/m0/s1. The number of hydrogen-bond donors (Lipinski definition) is 3. The van der Waals surface area contributed by atoms with Crippen molar-refractivity contribution in [2.75, 3.05) is 13.1 Å². The summed E-state index contributed by atoms with van der Waals surface area (Å²) in [4.78, 5) is 51.9. The van der Waals surface area contributed by atoms with Gasteiger partial charge in [-0.25, -0.2) is 14.2 Å². The topological polar surface area (TPSA) is 198 Å². The molecule has 242 valence electrons. The molecule has 1 aromatic heterocycles. The Labute approximate surface area is 263 Å². The van der Waals surface area contributed by atoms with Gasteiger partial charge in [0.15, 0.2) is 5.82 Å². The highest BCUT2D eigenvalue weighted by molar-refractivity contribution is 5.96. The van der Waals surface area contributed by atoms with Gasteiger partial charge in [0.2, 0.25) is 0 Å². The van der Waals surface area contributed by atoms with Crippen LogP contribution in [0.3, 0.4) is 0 Å². The van der Waals surface area contributed by atoms with E-state index in [0.29, 0.717) is 41.5 Å². The molecule has 0 fully saturated rings. The number of nitro groups is 2. The molecule has 14 nitrogen and oxygen atoms in total. The largest absolute Gasteiger partial charge is 0.444 e. The van der Waals surface area contributed by atoms with Crippen LogP contribution in [0.15, 0.2) is 60.7 Å². The van der Waals surface area contributed by atoms with Gasteiger partial charge in [0, 0.05) is 42.4 Å². The molecule has 4 N–H and O–H groups in total. The lowest BCUT2D eigenvalue weighted by molar-refractivity contribution is -0.385. The predicted molar refractivity (Wildman–Crippen MR) is 168 cm³/mol. The van der Waals surface area contributed by atoms with Crippen molar-refractivity contribution in [3.63, 3.8) is 0 Å². The van der Waals surface area contributed by atoms with Gasteiger partial charge in [-0.2, -0.15) is 0 Å². The number of benzene rings is 3. The first kappa shape index (κ1) is 33.5. The number of hydrogen-bond acceptors (Lipinski definition) is 9. The Morgan fingerprint density at radius 2 is 1.65 bits per heavy atom. The summed E-state index contributed by atoms with van der Waals surface area (Å²) in [6.07, 6.45) is 0.354. The molecule has 0 aliphatic carbocycles. The Hall–Kier alpha value is -5.44. The zero-order valence-corrected chi connectivity index (χ0v) is 25.5. The van der Waals surface area contributed by atoms with Gasteiger partial charge in [0.1, 0.15) is 11.4 Å².